The number of carboxylic acids is 1. The lowest BCUT2D eigenvalue weighted by atomic mass is 10.2. The number of aliphatic hydroxyl groups is 1. The number of hydrogen-bond acceptors (Lipinski definition) is 7. The average molecular weight is 348 g/mol. The van der Waals surface area contributed by atoms with Gasteiger partial charge in [-0.1, -0.05) is 6.07 Å². The molecule has 0 bridgehead atoms. The van der Waals surface area contributed by atoms with Gasteiger partial charge in [-0.3, -0.25) is 19.5 Å². The monoisotopic (exact) mass is 348 g/mol. The van der Waals surface area contributed by atoms with Crippen LogP contribution in [0.3, 0.4) is 0 Å². The Morgan fingerprint density at radius 3 is 2.61 bits per heavy atom. The van der Waals surface area contributed by atoms with Crippen LogP contribution in [0.15, 0.2) is 18.2 Å². The van der Waals surface area contributed by atoms with Gasteiger partial charge in [0.15, 0.2) is 11.6 Å². The molecule has 0 aliphatic carbocycles. The van der Waals surface area contributed by atoms with Gasteiger partial charge in [0.05, 0.1) is 12.0 Å². The van der Waals surface area contributed by atoms with Crippen LogP contribution in [0.5, 0.6) is 5.75 Å². The highest BCUT2D eigenvalue weighted by Gasteiger charge is 2.33. The Hall–Kier alpha value is -2.00. The smallest absolute Gasteiger partial charge is 0.320 e. The molecule has 128 valence electrons. The number of methoxy groups -OCH3 is 1. The second kappa shape index (κ2) is 7.51. The third-order valence-electron chi connectivity index (χ3n) is 3.16. The molecule has 1 rings (SSSR count). The molecular weight excluding hydrogens is 331 g/mol. The molecule has 0 amide bonds. The highest BCUT2D eigenvalue weighted by atomic mass is 31.2. The molecule has 1 aromatic rings. The minimum absolute atomic E-state index is 0.0633. The van der Waals surface area contributed by atoms with Crippen LogP contribution >= 0.6 is 7.37 Å². The molecule has 0 aliphatic rings. The number of rotatable bonds is 8. The molecule has 10 nitrogen and oxygen atoms in total. The number of hydrogen-bond donors (Lipinski definition) is 4. The van der Waals surface area contributed by atoms with Crippen molar-refractivity contribution in [3.63, 3.8) is 0 Å². The van der Waals surface area contributed by atoms with Gasteiger partial charge in [-0.05, 0) is 18.1 Å². The summed E-state index contributed by atoms with van der Waals surface area (Å²) in [6.07, 6.45) is -0.861. The van der Waals surface area contributed by atoms with Crippen LogP contribution in [0.2, 0.25) is 0 Å². The minimum Gasteiger partial charge on any atom is -0.490 e. The molecule has 3 atom stereocenters. The van der Waals surface area contributed by atoms with Gasteiger partial charge in [0, 0.05) is 12.2 Å². The number of carboxylic acid groups (broad SMARTS) is 1. The number of aliphatic hydroxyl groups excluding tert-OH is 1. The fourth-order valence-corrected chi connectivity index (χ4v) is 3.33. The topological polar surface area (TPSA) is 173 Å². The first-order chi connectivity index (χ1) is 10.6. The van der Waals surface area contributed by atoms with E-state index in [1.165, 1.54) is 19.2 Å². The van der Waals surface area contributed by atoms with E-state index in [0.717, 1.165) is 6.07 Å². The third-order valence-corrected chi connectivity index (χ3v) is 5.12. The Morgan fingerprint density at radius 1 is 1.52 bits per heavy atom. The SMILES string of the molecule is COc1ccc(C(O)P(=O)(O)CC[C@H](N)C(=O)O)cc1[N+](=O)[O-]. The molecule has 0 saturated heterocycles. The van der Waals surface area contributed by atoms with E-state index in [2.05, 4.69) is 0 Å². The van der Waals surface area contributed by atoms with Gasteiger partial charge in [-0.25, -0.2) is 0 Å². The molecule has 0 heterocycles. The molecule has 23 heavy (non-hydrogen) atoms. The van der Waals surface area contributed by atoms with Gasteiger partial charge in [-0.2, -0.15) is 0 Å². The lowest BCUT2D eigenvalue weighted by Crippen LogP contribution is -2.31. The van der Waals surface area contributed by atoms with E-state index in [1.807, 2.05) is 0 Å². The number of nitrogens with zero attached hydrogens (tertiary/aromatic N) is 1. The number of aliphatic carboxylic acids is 1. The molecule has 0 fully saturated rings. The van der Waals surface area contributed by atoms with Crippen LogP contribution < -0.4 is 10.5 Å². The second-order valence-electron chi connectivity index (χ2n) is 4.77. The van der Waals surface area contributed by atoms with Crippen LogP contribution in [0.4, 0.5) is 5.69 Å². The first kappa shape index (κ1) is 19.0. The fraction of sp³-hybridized carbons (Fsp3) is 0.417. The second-order valence-corrected chi connectivity index (χ2v) is 7.22. The number of carbonyl (C=O) groups is 1. The van der Waals surface area contributed by atoms with E-state index in [9.17, 15) is 29.5 Å². The summed E-state index contributed by atoms with van der Waals surface area (Å²) in [4.78, 5) is 30.7. The van der Waals surface area contributed by atoms with Crippen molar-refractivity contribution in [1.29, 1.82) is 0 Å². The Labute approximate surface area is 131 Å². The van der Waals surface area contributed by atoms with E-state index in [-0.39, 0.29) is 17.7 Å². The summed E-state index contributed by atoms with van der Waals surface area (Å²) < 4.78 is 16.9. The summed E-state index contributed by atoms with van der Waals surface area (Å²) in [5, 5.41) is 29.6. The molecule has 1 aromatic carbocycles. The molecular formula is C12H17N2O8P. The van der Waals surface area contributed by atoms with E-state index < -0.39 is 42.0 Å². The summed E-state index contributed by atoms with van der Waals surface area (Å²) in [6.45, 7) is 0. The quantitative estimate of drug-likeness (QED) is 0.299. The lowest BCUT2D eigenvalue weighted by molar-refractivity contribution is -0.385. The van der Waals surface area contributed by atoms with Crippen LogP contribution in [0.1, 0.15) is 17.8 Å². The van der Waals surface area contributed by atoms with Crippen molar-refractivity contribution in [1.82, 2.24) is 0 Å². The number of ether oxygens (including phenoxy) is 1. The Balaban J connectivity index is 3.01. The van der Waals surface area contributed by atoms with Gasteiger partial charge in [0.2, 0.25) is 7.37 Å². The largest absolute Gasteiger partial charge is 0.490 e. The van der Waals surface area contributed by atoms with Crippen LogP contribution in [0.25, 0.3) is 0 Å². The van der Waals surface area contributed by atoms with Crippen molar-refractivity contribution in [3.8, 4) is 5.75 Å². The normalized spacial score (nSPS) is 16.2. The average Bonchev–Trinajstić information content (AvgIpc) is 2.50. The zero-order chi connectivity index (χ0) is 17.8. The standard InChI is InChI=1S/C12H17N2O8P/c1-22-10-3-2-7(6-9(10)14(18)19)12(17)23(20,21)5-4-8(13)11(15)16/h2-3,6,8,12,17H,4-5,13H2,1H3,(H,15,16)(H,20,21)/t8-,12?/m0/s1. The predicted molar refractivity (Wildman–Crippen MR) is 79.5 cm³/mol. The highest BCUT2D eigenvalue weighted by Crippen LogP contribution is 2.55. The van der Waals surface area contributed by atoms with E-state index in [1.54, 1.807) is 0 Å². The maximum atomic E-state index is 12.1. The summed E-state index contributed by atoms with van der Waals surface area (Å²) in [7, 11) is -3.00. The predicted octanol–water partition coefficient (Wildman–Crippen LogP) is 0.667. The molecule has 11 heteroatoms. The van der Waals surface area contributed by atoms with Gasteiger partial charge < -0.3 is 25.6 Å². The van der Waals surface area contributed by atoms with E-state index in [4.69, 9.17) is 15.6 Å². The third kappa shape index (κ3) is 4.73. The summed E-state index contributed by atoms with van der Waals surface area (Å²) in [5.41, 5.74) is 4.63. The van der Waals surface area contributed by atoms with Crippen molar-refractivity contribution in [3.05, 3.63) is 33.9 Å². The van der Waals surface area contributed by atoms with Crippen LogP contribution in [-0.2, 0) is 9.36 Å². The molecule has 0 saturated carbocycles. The zero-order valence-electron chi connectivity index (χ0n) is 12.2. The van der Waals surface area contributed by atoms with Crippen LogP contribution in [0, 0.1) is 10.1 Å². The number of benzene rings is 1. The minimum atomic E-state index is -4.22. The van der Waals surface area contributed by atoms with E-state index in [0.29, 0.717) is 0 Å². The van der Waals surface area contributed by atoms with Gasteiger partial charge in [-0.15, -0.1) is 0 Å². The van der Waals surface area contributed by atoms with Crippen molar-refractivity contribution in [2.45, 2.75) is 18.3 Å². The molecule has 0 radical (unpaired) electrons. The molecule has 0 aliphatic heterocycles. The van der Waals surface area contributed by atoms with Gasteiger partial charge >= 0.3 is 11.7 Å². The fourth-order valence-electron chi connectivity index (χ4n) is 1.81. The number of nitro groups is 1. The maximum absolute atomic E-state index is 12.1. The lowest BCUT2D eigenvalue weighted by Gasteiger charge is -2.19. The highest BCUT2D eigenvalue weighted by molar-refractivity contribution is 7.58. The van der Waals surface area contributed by atoms with Crippen LogP contribution in [-0.4, -0.2) is 45.3 Å². The first-order valence-corrected chi connectivity index (χ1v) is 8.32. The summed E-state index contributed by atoms with van der Waals surface area (Å²) in [6, 6.07) is 2.01. The van der Waals surface area contributed by atoms with Gasteiger partial charge in [0.25, 0.3) is 0 Å². The Kier molecular flexibility index (Phi) is 6.22. The molecule has 0 aromatic heterocycles. The molecule has 0 spiro atoms. The first-order valence-electron chi connectivity index (χ1n) is 6.40. The van der Waals surface area contributed by atoms with E-state index >= 15 is 0 Å². The Morgan fingerprint density at radius 2 is 2.13 bits per heavy atom. The maximum Gasteiger partial charge on any atom is 0.320 e. The summed E-state index contributed by atoms with van der Waals surface area (Å²) in [5.74, 6) is -3.29. The van der Waals surface area contributed by atoms with Crippen molar-refractivity contribution in [2.24, 2.45) is 5.73 Å². The number of nitrogens with two attached hydrogens (primary N) is 1. The molecule has 5 N–H and O–H groups in total. The summed E-state index contributed by atoms with van der Waals surface area (Å²) >= 11 is 0. The van der Waals surface area contributed by atoms with Crippen molar-refractivity contribution < 1.29 is 34.1 Å². The zero-order valence-corrected chi connectivity index (χ0v) is 13.1. The molecule has 2 unspecified atom stereocenters. The van der Waals surface area contributed by atoms with Crippen molar-refractivity contribution in [2.75, 3.05) is 13.3 Å². The Bertz CT molecular complexity index is 650. The van der Waals surface area contributed by atoms with Crippen molar-refractivity contribution >= 4 is 19.0 Å². The van der Waals surface area contributed by atoms with Gasteiger partial charge in [0.1, 0.15) is 6.04 Å². The number of nitro benzene ring substituents is 1.